The van der Waals surface area contributed by atoms with E-state index in [0.29, 0.717) is 27.1 Å². The highest BCUT2D eigenvalue weighted by Crippen LogP contribution is 2.26. The van der Waals surface area contributed by atoms with Gasteiger partial charge in [0, 0.05) is 15.6 Å². The van der Waals surface area contributed by atoms with E-state index in [1.807, 2.05) is 12.1 Å². The van der Waals surface area contributed by atoms with Crippen LogP contribution in [-0.4, -0.2) is 38.7 Å². The van der Waals surface area contributed by atoms with Crippen molar-refractivity contribution in [2.45, 2.75) is 6.42 Å². The SMILES string of the molecule is COc1ccccc1OCCNC(=O)COC(=O)Cc1c(Cl)cccc1Cl. The number of rotatable bonds is 9. The Hall–Kier alpha value is -2.44. The average Bonchev–Trinajstić information content (AvgIpc) is 2.67. The summed E-state index contributed by atoms with van der Waals surface area (Å²) in [4.78, 5) is 23.6. The third kappa shape index (κ3) is 6.66. The van der Waals surface area contributed by atoms with Gasteiger partial charge in [0.25, 0.3) is 5.91 Å². The van der Waals surface area contributed by atoms with Crippen LogP contribution in [0.25, 0.3) is 0 Å². The molecular formula is C19H19Cl2NO5. The molecule has 0 fully saturated rings. The number of carbonyl (C=O) groups is 2. The molecule has 0 aliphatic heterocycles. The van der Waals surface area contributed by atoms with Crippen molar-refractivity contribution in [3.8, 4) is 11.5 Å². The summed E-state index contributed by atoms with van der Waals surface area (Å²) in [5.74, 6) is 0.163. The number of esters is 1. The molecule has 1 N–H and O–H groups in total. The summed E-state index contributed by atoms with van der Waals surface area (Å²) in [5, 5.41) is 3.34. The highest BCUT2D eigenvalue weighted by Gasteiger charge is 2.13. The lowest BCUT2D eigenvalue weighted by atomic mass is 10.1. The second kappa shape index (κ2) is 10.6. The normalized spacial score (nSPS) is 10.2. The van der Waals surface area contributed by atoms with Gasteiger partial charge in [0.05, 0.1) is 20.1 Å². The molecule has 2 aromatic rings. The summed E-state index contributed by atoms with van der Waals surface area (Å²) in [6, 6.07) is 12.1. The highest BCUT2D eigenvalue weighted by molar-refractivity contribution is 6.36. The number of para-hydroxylation sites is 2. The third-order valence-electron chi connectivity index (χ3n) is 3.50. The molecule has 1 amide bonds. The largest absolute Gasteiger partial charge is 0.493 e. The molecule has 0 aliphatic carbocycles. The molecule has 0 atom stereocenters. The zero-order valence-corrected chi connectivity index (χ0v) is 16.2. The summed E-state index contributed by atoms with van der Waals surface area (Å²) in [6.45, 7) is 0.107. The molecule has 8 heteroatoms. The maximum absolute atomic E-state index is 11.8. The average molecular weight is 412 g/mol. The molecular weight excluding hydrogens is 393 g/mol. The second-order valence-electron chi connectivity index (χ2n) is 5.39. The van der Waals surface area contributed by atoms with Crippen LogP contribution < -0.4 is 14.8 Å². The van der Waals surface area contributed by atoms with E-state index in [-0.39, 0.29) is 19.6 Å². The van der Waals surface area contributed by atoms with Crippen molar-refractivity contribution in [3.63, 3.8) is 0 Å². The van der Waals surface area contributed by atoms with Crippen molar-refractivity contribution in [3.05, 3.63) is 58.1 Å². The Bertz CT molecular complexity index is 777. The monoisotopic (exact) mass is 411 g/mol. The van der Waals surface area contributed by atoms with Crippen molar-refractivity contribution in [1.29, 1.82) is 0 Å². The first-order valence-corrected chi connectivity index (χ1v) is 8.88. The summed E-state index contributed by atoms with van der Waals surface area (Å²) >= 11 is 12.0. The van der Waals surface area contributed by atoms with E-state index in [4.69, 9.17) is 37.4 Å². The lowest BCUT2D eigenvalue weighted by molar-refractivity contribution is -0.147. The summed E-state index contributed by atoms with van der Waals surface area (Å²) in [6.07, 6.45) is -0.108. The van der Waals surface area contributed by atoms with Crippen LogP contribution in [0.15, 0.2) is 42.5 Å². The molecule has 0 heterocycles. The number of halogens is 2. The van der Waals surface area contributed by atoms with Gasteiger partial charge in [0.1, 0.15) is 6.61 Å². The number of hydrogen-bond donors (Lipinski definition) is 1. The Morgan fingerprint density at radius 1 is 1.00 bits per heavy atom. The molecule has 0 aromatic heterocycles. The summed E-state index contributed by atoms with van der Waals surface area (Å²) in [7, 11) is 1.55. The van der Waals surface area contributed by atoms with Crippen molar-refractivity contribution < 1.29 is 23.8 Å². The fraction of sp³-hybridized carbons (Fsp3) is 0.263. The van der Waals surface area contributed by atoms with E-state index < -0.39 is 18.5 Å². The molecule has 0 saturated heterocycles. The van der Waals surface area contributed by atoms with Crippen molar-refractivity contribution in [2.75, 3.05) is 26.9 Å². The van der Waals surface area contributed by atoms with Crippen molar-refractivity contribution in [2.24, 2.45) is 0 Å². The predicted octanol–water partition coefficient (Wildman–Crippen LogP) is 3.28. The molecule has 6 nitrogen and oxygen atoms in total. The zero-order chi connectivity index (χ0) is 19.6. The van der Waals surface area contributed by atoms with Gasteiger partial charge in [-0.15, -0.1) is 0 Å². The topological polar surface area (TPSA) is 73.9 Å². The fourth-order valence-electron chi connectivity index (χ4n) is 2.18. The summed E-state index contributed by atoms with van der Waals surface area (Å²) < 4.78 is 15.6. The van der Waals surface area contributed by atoms with Crippen molar-refractivity contribution in [1.82, 2.24) is 5.32 Å². The number of hydrogen-bond acceptors (Lipinski definition) is 5. The molecule has 2 rings (SSSR count). The molecule has 27 heavy (non-hydrogen) atoms. The number of amides is 1. The van der Waals surface area contributed by atoms with E-state index in [1.54, 1.807) is 37.4 Å². The molecule has 0 spiro atoms. The van der Waals surface area contributed by atoms with Crippen LogP contribution in [0.3, 0.4) is 0 Å². The van der Waals surface area contributed by atoms with Gasteiger partial charge < -0.3 is 19.5 Å². The van der Waals surface area contributed by atoms with E-state index >= 15 is 0 Å². The minimum atomic E-state index is -0.592. The Morgan fingerprint density at radius 2 is 1.67 bits per heavy atom. The molecule has 0 saturated carbocycles. The highest BCUT2D eigenvalue weighted by atomic mass is 35.5. The first-order chi connectivity index (χ1) is 13.0. The van der Waals surface area contributed by atoms with Crippen LogP contribution in [0.1, 0.15) is 5.56 Å². The first kappa shape index (κ1) is 20.9. The first-order valence-electron chi connectivity index (χ1n) is 8.12. The standard InChI is InChI=1S/C19H19Cl2NO5/c1-25-16-7-2-3-8-17(16)26-10-9-22-18(23)12-27-19(24)11-13-14(20)5-4-6-15(13)21/h2-8H,9-12H2,1H3,(H,22,23). The van der Waals surface area contributed by atoms with Gasteiger partial charge in [-0.2, -0.15) is 0 Å². The molecule has 0 unspecified atom stereocenters. The number of methoxy groups -OCH3 is 1. The summed E-state index contributed by atoms with van der Waals surface area (Å²) in [5.41, 5.74) is 0.469. The predicted molar refractivity (Wildman–Crippen MR) is 103 cm³/mol. The van der Waals surface area contributed by atoms with Gasteiger partial charge in [0.2, 0.25) is 0 Å². The Kier molecular flexibility index (Phi) is 8.23. The number of ether oxygens (including phenoxy) is 3. The van der Waals surface area contributed by atoms with E-state index in [9.17, 15) is 9.59 Å². The zero-order valence-electron chi connectivity index (χ0n) is 14.7. The molecule has 144 valence electrons. The quantitative estimate of drug-likeness (QED) is 0.506. The number of benzene rings is 2. The van der Waals surface area contributed by atoms with Crippen LogP contribution in [-0.2, 0) is 20.7 Å². The van der Waals surface area contributed by atoms with Crippen LogP contribution >= 0.6 is 23.2 Å². The van der Waals surface area contributed by atoms with Crippen LogP contribution in [0, 0.1) is 0 Å². The lowest BCUT2D eigenvalue weighted by Crippen LogP contribution is -2.32. The maximum Gasteiger partial charge on any atom is 0.310 e. The number of carbonyl (C=O) groups excluding carboxylic acids is 2. The molecule has 0 radical (unpaired) electrons. The third-order valence-corrected chi connectivity index (χ3v) is 4.21. The van der Waals surface area contributed by atoms with Gasteiger partial charge in [-0.05, 0) is 24.3 Å². The number of nitrogens with one attached hydrogen (secondary N) is 1. The van der Waals surface area contributed by atoms with Gasteiger partial charge >= 0.3 is 5.97 Å². The maximum atomic E-state index is 11.8. The Morgan fingerprint density at radius 3 is 2.33 bits per heavy atom. The van der Waals surface area contributed by atoms with Crippen LogP contribution in [0.2, 0.25) is 10.0 Å². The lowest BCUT2D eigenvalue weighted by Gasteiger charge is -2.11. The van der Waals surface area contributed by atoms with Crippen molar-refractivity contribution >= 4 is 35.1 Å². The minimum Gasteiger partial charge on any atom is -0.493 e. The van der Waals surface area contributed by atoms with E-state index in [0.717, 1.165) is 0 Å². The Balaban J connectivity index is 1.68. The minimum absolute atomic E-state index is 0.108. The fourth-order valence-corrected chi connectivity index (χ4v) is 2.71. The van der Waals surface area contributed by atoms with Gasteiger partial charge in [0.15, 0.2) is 18.1 Å². The molecule has 0 bridgehead atoms. The van der Waals surface area contributed by atoms with Gasteiger partial charge in [-0.25, -0.2) is 0 Å². The van der Waals surface area contributed by atoms with E-state index in [2.05, 4.69) is 5.32 Å². The second-order valence-corrected chi connectivity index (χ2v) is 6.20. The van der Waals surface area contributed by atoms with Gasteiger partial charge in [-0.3, -0.25) is 9.59 Å². The smallest absolute Gasteiger partial charge is 0.310 e. The van der Waals surface area contributed by atoms with Crippen LogP contribution in [0.5, 0.6) is 11.5 Å². The Labute approximate surface area is 167 Å². The molecule has 0 aliphatic rings. The van der Waals surface area contributed by atoms with E-state index in [1.165, 1.54) is 0 Å². The van der Waals surface area contributed by atoms with Crippen LogP contribution in [0.4, 0.5) is 0 Å². The van der Waals surface area contributed by atoms with Gasteiger partial charge in [-0.1, -0.05) is 41.4 Å². The molecule has 2 aromatic carbocycles.